The van der Waals surface area contributed by atoms with Gasteiger partial charge >= 0.3 is 5.63 Å². The maximum Gasteiger partial charge on any atom is 0.349 e. The summed E-state index contributed by atoms with van der Waals surface area (Å²) in [5.74, 6) is -0.0873. The van der Waals surface area contributed by atoms with E-state index in [9.17, 15) is 9.90 Å². The van der Waals surface area contributed by atoms with Crippen molar-refractivity contribution < 1.29 is 14.3 Å². The van der Waals surface area contributed by atoms with E-state index in [2.05, 4.69) is 22.0 Å². The Labute approximate surface area is 162 Å². The van der Waals surface area contributed by atoms with Crippen molar-refractivity contribution in [2.24, 2.45) is 4.99 Å². The van der Waals surface area contributed by atoms with Gasteiger partial charge in [0.25, 0.3) is 0 Å². The summed E-state index contributed by atoms with van der Waals surface area (Å²) < 4.78 is 10.7. The van der Waals surface area contributed by atoms with Crippen LogP contribution in [-0.2, 0) is 11.3 Å². The van der Waals surface area contributed by atoms with Crippen molar-refractivity contribution in [3.63, 3.8) is 0 Å². The van der Waals surface area contributed by atoms with Crippen LogP contribution < -0.4 is 10.5 Å². The Morgan fingerprint density at radius 1 is 1.11 bits per heavy atom. The van der Waals surface area contributed by atoms with Gasteiger partial charge in [0.1, 0.15) is 16.9 Å². The van der Waals surface area contributed by atoms with Crippen molar-refractivity contribution in [2.75, 3.05) is 31.2 Å². The van der Waals surface area contributed by atoms with Gasteiger partial charge in [-0.25, -0.2) is 4.79 Å². The summed E-state index contributed by atoms with van der Waals surface area (Å²) in [4.78, 5) is 19.1. The second-order valence-electron chi connectivity index (χ2n) is 6.78. The van der Waals surface area contributed by atoms with E-state index in [4.69, 9.17) is 9.15 Å². The predicted molar refractivity (Wildman–Crippen MR) is 110 cm³/mol. The maximum atomic E-state index is 12.3. The lowest BCUT2D eigenvalue weighted by Gasteiger charge is -2.28. The van der Waals surface area contributed by atoms with Crippen molar-refractivity contribution in [3.8, 4) is 5.75 Å². The molecule has 144 valence electrons. The quantitative estimate of drug-likeness (QED) is 0.557. The van der Waals surface area contributed by atoms with Gasteiger partial charge in [-0.3, -0.25) is 4.99 Å². The summed E-state index contributed by atoms with van der Waals surface area (Å²) in [6.07, 6.45) is 0. The summed E-state index contributed by atoms with van der Waals surface area (Å²) in [6, 6.07) is 15.1. The highest BCUT2D eigenvalue weighted by atomic mass is 16.5. The molecule has 28 heavy (non-hydrogen) atoms. The lowest BCUT2D eigenvalue weighted by atomic mass is 10.1. The van der Waals surface area contributed by atoms with Gasteiger partial charge in [-0.2, -0.15) is 0 Å². The zero-order valence-corrected chi connectivity index (χ0v) is 15.7. The van der Waals surface area contributed by atoms with Gasteiger partial charge < -0.3 is 19.2 Å². The highest BCUT2D eigenvalue weighted by Crippen LogP contribution is 2.26. The molecule has 0 saturated carbocycles. The first-order chi connectivity index (χ1) is 13.6. The maximum absolute atomic E-state index is 12.3. The molecule has 1 fully saturated rings. The third kappa shape index (κ3) is 3.64. The van der Waals surface area contributed by atoms with Crippen LogP contribution in [0.15, 0.2) is 62.7 Å². The fraction of sp³-hybridized carbons (Fsp3) is 0.273. The Bertz CT molecular complexity index is 1060. The molecule has 0 bridgehead atoms. The Balaban J connectivity index is 1.55. The zero-order chi connectivity index (χ0) is 19.5. The summed E-state index contributed by atoms with van der Waals surface area (Å²) >= 11 is 0. The second-order valence-corrected chi connectivity index (χ2v) is 6.78. The Kier molecular flexibility index (Phi) is 5.12. The molecule has 1 aliphatic heterocycles. The Morgan fingerprint density at radius 3 is 2.57 bits per heavy atom. The molecule has 2 aromatic carbocycles. The van der Waals surface area contributed by atoms with E-state index in [1.807, 2.05) is 12.1 Å². The van der Waals surface area contributed by atoms with Gasteiger partial charge in [0.05, 0.1) is 30.9 Å². The highest BCUT2D eigenvalue weighted by molar-refractivity contribution is 6.04. The van der Waals surface area contributed by atoms with Crippen LogP contribution in [-0.4, -0.2) is 37.1 Å². The SMILES string of the molecule is C/C(=N\Cc1ccc(N2CCOCC2)cc1)c1c(O)c2ccccc2oc1=O. The molecular formula is C22H22N2O4. The van der Waals surface area contributed by atoms with Crippen molar-refractivity contribution in [3.05, 3.63) is 70.1 Å². The van der Waals surface area contributed by atoms with E-state index in [0.29, 0.717) is 23.2 Å². The number of hydrogen-bond acceptors (Lipinski definition) is 6. The molecule has 1 aliphatic rings. The molecule has 2 heterocycles. The number of para-hydroxylation sites is 1. The molecule has 0 spiro atoms. The van der Waals surface area contributed by atoms with Crippen LogP contribution >= 0.6 is 0 Å². The first-order valence-electron chi connectivity index (χ1n) is 9.31. The minimum Gasteiger partial charge on any atom is -0.506 e. The van der Waals surface area contributed by atoms with E-state index in [1.165, 1.54) is 5.69 Å². The largest absolute Gasteiger partial charge is 0.506 e. The normalized spacial score (nSPS) is 15.2. The lowest BCUT2D eigenvalue weighted by molar-refractivity contribution is 0.122. The topological polar surface area (TPSA) is 75.3 Å². The van der Waals surface area contributed by atoms with E-state index in [1.54, 1.807) is 31.2 Å². The summed E-state index contributed by atoms with van der Waals surface area (Å²) in [7, 11) is 0. The van der Waals surface area contributed by atoms with E-state index >= 15 is 0 Å². The van der Waals surface area contributed by atoms with Crippen LogP contribution in [0.4, 0.5) is 5.69 Å². The van der Waals surface area contributed by atoms with Gasteiger partial charge in [0.15, 0.2) is 0 Å². The monoisotopic (exact) mass is 378 g/mol. The number of rotatable bonds is 4. The van der Waals surface area contributed by atoms with Crippen LogP contribution in [0.25, 0.3) is 11.0 Å². The number of ether oxygens (including phenoxy) is 1. The number of aromatic hydroxyl groups is 1. The van der Waals surface area contributed by atoms with Crippen LogP contribution in [0.3, 0.4) is 0 Å². The molecule has 0 aliphatic carbocycles. The average Bonchev–Trinajstić information content (AvgIpc) is 2.73. The second kappa shape index (κ2) is 7.86. The third-order valence-corrected chi connectivity index (χ3v) is 4.96. The fourth-order valence-corrected chi connectivity index (χ4v) is 3.38. The molecule has 0 amide bonds. The molecule has 6 nitrogen and oxygen atoms in total. The Morgan fingerprint density at radius 2 is 1.82 bits per heavy atom. The van der Waals surface area contributed by atoms with Crippen molar-refractivity contribution >= 4 is 22.4 Å². The van der Waals surface area contributed by atoms with E-state index < -0.39 is 5.63 Å². The van der Waals surface area contributed by atoms with Crippen LogP contribution in [0.1, 0.15) is 18.1 Å². The molecule has 1 saturated heterocycles. The number of morpholine rings is 1. The smallest absolute Gasteiger partial charge is 0.349 e. The van der Waals surface area contributed by atoms with Gasteiger partial charge in [-0.05, 0) is 36.8 Å². The van der Waals surface area contributed by atoms with Crippen LogP contribution in [0.2, 0.25) is 0 Å². The molecule has 3 aromatic rings. The first-order valence-corrected chi connectivity index (χ1v) is 9.31. The van der Waals surface area contributed by atoms with Crippen LogP contribution in [0, 0.1) is 0 Å². The average molecular weight is 378 g/mol. The van der Waals surface area contributed by atoms with Gasteiger partial charge in [-0.15, -0.1) is 0 Å². The summed E-state index contributed by atoms with van der Waals surface area (Å²) in [6.45, 7) is 5.43. The van der Waals surface area contributed by atoms with Crippen molar-refractivity contribution in [2.45, 2.75) is 13.5 Å². The van der Waals surface area contributed by atoms with Gasteiger partial charge in [0, 0.05) is 18.8 Å². The molecule has 0 unspecified atom stereocenters. The minimum absolute atomic E-state index is 0.0873. The number of nitrogens with zero attached hydrogens (tertiary/aromatic N) is 2. The van der Waals surface area contributed by atoms with Crippen molar-refractivity contribution in [1.82, 2.24) is 0 Å². The number of hydrogen-bond donors (Lipinski definition) is 1. The molecule has 1 N–H and O–H groups in total. The van der Waals surface area contributed by atoms with E-state index in [0.717, 1.165) is 31.9 Å². The lowest BCUT2D eigenvalue weighted by Crippen LogP contribution is -2.36. The minimum atomic E-state index is -0.583. The molecule has 4 rings (SSSR count). The predicted octanol–water partition coefficient (Wildman–Crippen LogP) is 3.34. The number of fused-ring (bicyclic) bond motifs is 1. The zero-order valence-electron chi connectivity index (χ0n) is 15.7. The van der Waals surface area contributed by atoms with Gasteiger partial charge in [-0.1, -0.05) is 24.3 Å². The summed E-state index contributed by atoms with van der Waals surface area (Å²) in [5.41, 5.74) is 2.54. The Hall–Kier alpha value is -3.12. The van der Waals surface area contributed by atoms with Gasteiger partial charge in [0.2, 0.25) is 0 Å². The standard InChI is InChI=1S/C22H22N2O4/c1-15(20-21(25)18-4-2-3-5-19(18)28-22(20)26)23-14-16-6-8-17(9-7-16)24-10-12-27-13-11-24/h2-9,25H,10-14H2,1H3/b23-15+. The fourth-order valence-electron chi connectivity index (χ4n) is 3.38. The third-order valence-electron chi connectivity index (χ3n) is 4.96. The van der Waals surface area contributed by atoms with Crippen LogP contribution in [0.5, 0.6) is 5.75 Å². The van der Waals surface area contributed by atoms with Crippen molar-refractivity contribution in [1.29, 1.82) is 0 Å². The summed E-state index contributed by atoms with van der Waals surface area (Å²) in [5, 5.41) is 11.0. The molecular weight excluding hydrogens is 356 g/mol. The number of aliphatic imine (C=N–C) groups is 1. The molecule has 0 atom stereocenters. The number of benzene rings is 2. The number of anilines is 1. The molecule has 6 heteroatoms. The van der Waals surface area contributed by atoms with E-state index in [-0.39, 0.29) is 11.3 Å². The molecule has 0 radical (unpaired) electrons. The highest BCUT2D eigenvalue weighted by Gasteiger charge is 2.16. The first kappa shape index (κ1) is 18.3. The molecule has 1 aromatic heterocycles.